The van der Waals surface area contributed by atoms with Crippen molar-refractivity contribution < 1.29 is 8.83 Å². The third-order valence-electron chi connectivity index (χ3n) is 10.8. The highest BCUT2D eigenvalue weighted by Gasteiger charge is 2.24. The van der Waals surface area contributed by atoms with E-state index in [4.69, 9.17) is 28.8 Å². The van der Waals surface area contributed by atoms with Gasteiger partial charge in [0.15, 0.2) is 28.4 Å². The number of rotatable bonds is 5. The minimum atomic E-state index is 0.640. The number of hydrogen-bond acceptors (Lipinski definition) is 6. The molecule has 5 heterocycles. The molecule has 0 amide bonds. The molecule has 0 N–H and O–H groups in total. The van der Waals surface area contributed by atoms with Crippen LogP contribution in [0.5, 0.6) is 0 Å². The number of aromatic nitrogens is 5. The Morgan fingerprint density at radius 2 is 0.877 bits per heavy atom. The van der Waals surface area contributed by atoms with Gasteiger partial charge in [0, 0.05) is 49.5 Å². The molecular weight excluding hydrogens is 703 g/mol. The SMILES string of the molecule is c1ccc(-c2nc(-c3ccccc3)c3oc4ccc(-n5c6ccccc6c6ccc7c8nc(-c9ccccc9)nc(-c9ccccc9)c8oc7c65)cc4c3n2)cc1. The van der Waals surface area contributed by atoms with E-state index in [9.17, 15) is 0 Å². The summed E-state index contributed by atoms with van der Waals surface area (Å²) in [5, 5.41) is 4.01. The van der Waals surface area contributed by atoms with Gasteiger partial charge in [-0.15, -0.1) is 0 Å². The fourth-order valence-electron chi connectivity index (χ4n) is 8.20. The second-order valence-electron chi connectivity index (χ2n) is 14.2. The number of nitrogens with zero attached hydrogens (tertiary/aromatic N) is 5. The molecule has 12 aromatic rings. The van der Waals surface area contributed by atoms with Crippen molar-refractivity contribution in [3.8, 4) is 51.0 Å². The second kappa shape index (κ2) is 12.3. The van der Waals surface area contributed by atoms with Gasteiger partial charge in [0.2, 0.25) is 0 Å². The first-order valence-electron chi connectivity index (χ1n) is 18.9. The van der Waals surface area contributed by atoms with Gasteiger partial charge in [-0.2, -0.15) is 0 Å². The van der Waals surface area contributed by atoms with Crippen molar-refractivity contribution in [3.63, 3.8) is 0 Å². The second-order valence-corrected chi connectivity index (χ2v) is 14.2. The van der Waals surface area contributed by atoms with Crippen LogP contribution in [0.3, 0.4) is 0 Å². The summed E-state index contributed by atoms with van der Waals surface area (Å²) >= 11 is 0. The molecular formula is C50H29N5O2. The largest absolute Gasteiger partial charge is 0.452 e. The lowest BCUT2D eigenvalue weighted by atomic mass is 10.1. The highest BCUT2D eigenvalue weighted by Crippen LogP contribution is 2.43. The van der Waals surface area contributed by atoms with Crippen LogP contribution in [0.2, 0.25) is 0 Å². The van der Waals surface area contributed by atoms with Crippen LogP contribution < -0.4 is 0 Å². The van der Waals surface area contributed by atoms with Crippen LogP contribution in [0, 0.1) is 0 Å². The lowest BCUT2D eigenvalue weighted by Gasteiger charge is -2.08. The molecule has 0 aliphatic heterocycles. The zero-order chi connectivity index (χ0) is 37.5. The molecule has 0 saturated carbocycles. The lowest BCUT2D eigenvalue weighted by molar-refractivity contribution is 0.667. The summed E-state index contributed by atoms with van der Waals surface area (Å²) in [5.74, 6) is 1.29. The summed E-state index contributed by atoms with van der Waals surface area (Å²) in [6.45, 7) is 0. The molecule has 12 rings (SSSR count). The van der Waals surface area contributed by atoms with Crippen LogP contribution in [-0.2, 0) is 0 Å². The number of furan rings is 2. The van der Waals surface area contributed by atoms with Gasteiger partial charge in [-0.3, -0.25) is 0 Å². The molecule has 0 aliphatic carbocycles. The predicted octanol–water partition coefficient (Wildman–Crippen LogP) is 12.8. The Labute approximate surface area is 325 Å². The van der Waals surface area contributed by atoms with E-state index in [1.807, 2.05) is 103 Å². The van der Waals surface area contributed by atoms with Gasteiger partial charge in [-0.1, -0.05) is 146 Å². The maximum atomic E-state index is 7.02. The maximum Gasteiger partial charge on any atom is 0.180 e. The zero-order valence-electron chi connectivity index (χ0n) is 30.3. The third kappa shape index (κ3) is 4.86. The van der Waals surface area contributed by atoms with Crippen molar-refractivity contribution in [2.24, 2.45) is 0 Å². The van der Waals surface area contributed by atoms with Crippen molar-refractivity contribution in [3.05, 3.63) is 176 Å². The van der Waals surface area contributed by atoms with Gasteiger partial charge < -0.3 is 13.4 Å². The van der Waals surface area contributed by atoms with Gasteiger partial charge in [0.25, 0.3) is 0 Å². The monoisotopic (exact) mass is 731 g/mol. The first kappa shape index (κ1) is 31.5. The van der Waals surface area contributed by atoms with Gasteiger partial charge in [-0.25, -0.2) is 19.9 Å². The van der Waals surface area contributed by atoms with Crippen molar-refractivity contribution in [2.75, 3.05) is 0 Å². The average molecular weight is 732 g/mol. The Hall–Kier alpha value is -7.90. The molecule has 5 aromatic heterocycles. The summed E-state index contributed by atoms with van der Waals surface area (Å²) < 4.78 is 15.9. The molecule has 266 valence electrons. The Balaban J connectivity index is 1.16. The first-order valence-corrected chi connectivity index (χ1v) is 18.9. The van der Waals surface area contributed by atoms with Gasteiger partial charge in [0.05, 0.1) is 11.0 Å². The Morgan fingerprint density at radius 1 is 0.368 bits per heavy atom. The van der Waals surface area contributed by atoms with Crippen LogP contribution in [0.25, 0.3) is 117 Å². The van der Waals surface area contributed by atoms with E-state index in [2.05, 4.69) is 77.4 Å². The fraction of sp³-hybridized carbons (Fsp3) is 0. The fourth-order valence-corrected chi connectivity index (χ4v) is 8.20. The Bertz CT molecular complexity index is 3500. The number of benzene rings is 7. The quantitative estimate of drug-likeness (QED) is 0.175. The zero-order valence-corrected chi connectivity index (χ0v) is 30.3. The van der Waals surface area contributed by atoms with Crippen LogP contribution in [0.4, 0.5) is 0 Å². The Kier molecular flexibility index (Phi) is 6.79. The van der Waals surface area contributed by atoms with E-state index in [-0.39, 0.29) is 0 Å². The van der Waals surface area contributed by atoms with Crippen LogP contribution in [0.1, 0.15) is 0 Å². The molecule has 0 spiro atoms. The van der Waals surface area contributed by atoms with Crippen molar-refractivity contribution in [2.45, 2.75) is 0 Å². The smallest absolute Gasteiger partial charge is 0.180 e. The summed E-state index contributed by atoms with van der Waals surface area (Å²) in [6, 6.07) is 59.7. The molecule has 57 heavy (non-hydrogen) atoms. The summed E-state index contributed by atoms with van der Waals surface area (Å²) in [4.78, 5) is 20.5. The first-order chi connectivity index (χ1) is 28.3. The number of para-hydroxylation sites is 1. The number of fused-ring (bicyclic) bond motifs is 10. The van der Waals surface area contributed by atoms with Crippen molar-refractivity contribution in [1.82, 2.24) is 24.5 Å². The van der Waals surface area contributed by atoms with Crippen molar-refractivity contribution in [1.29, 1.82) is 0 Å². The molecule has 7 nitrogen and oxygen atoms in total. The lowest BCUT2D eigenvalue weighted by Crippen LogP contribution is -1.95. The normalized spacial score (nSPS) is 11.9. The maximum absolute atomic E-state index is 7.02. The molecule has 0 aliphatic rings. The van der Waals surface area contributed by atoms with E-state index >= 15 is 0 Å². The molecule has 0 bridgehead atoms. The van der Waals surface area contributed by atoms with E-state index in [1.54, 1.807) is 0 Å². The summed E-state index contributed by atoms with van der Waals surface area (Å²) in [6.07, 6.45) is 0. The molecule has 0 atom stereocenters. The average Bonchev–Trinajstić information content (AvgIpc) is 3.96. The topological polar surface area (TPSA) is 82.8 Å². The molecule has 7 heteroatoms. The highest BCUT2D eigenvalue weighted by atomic mass is 16.3. The van der Waals surface area contributed by atoms with E-state index in [1.165, 1.54) is 0 Å². The standard InChI is InChI=1S/C50H29N5O2/c1-5-15-30(16-6-1)41-47-44(54-50(51-41)33-21-11-4-12-22-33)38-29-34(25-28-40(38)56-47)55-39-24-14-13-23-35(39)36-26-27-37-43-48(57-46(37)45(36)55)42(31-17-7-2-8-18-31)52-49(53-43)32-19-9-3-10-20-32/h1-29H. The van der Waals surface area contributed by atoms with Crippen molar-refractivity contribution >= 4 is 65.9 Å². The highest BCUT2D eigenvalue weighted by molar-refractivity contribution is 6.22. The molecule has 7 aromatic carbocycles. The predicted molar refractivity (Wildman–Crippen MR) is 228 cm³/mol. The summed E-state index contributed by atoms with van der Waals surface area (Å²) in [5.41, 5.74) is 12.5. The van der Waals surface area contributed by atoms with Crippen LogP contribution in [-0.4, -0.2) is 24.5 Å². The molecule has 0 fully saturated rings. The van der Waals surface area contributed by atoms with E-state index in [0.29, 0.717) is 22.8 Å². The molecule has 0 unspecified atom stereocenters. The van der Waals surface area contributed by atoms with Gasteiger partial charge in [0.1, 0.15) is 28.0 Å². The van der Waals surface area contributed by atoms with Gasteiger partial charge in [-0.05, 0) is 30.3 Å². The van der Waals surface area contributed by atoms with E-state index < -0.39 is 0 Å². The minimum Gasteiger partial charge on any atom is -0.452 e. The van der Waals surface area contributed by atoms with E-state index in [0.717, 1.165) is 94.1 Å². The molecule has 0 radical (unpaired) electrons. The number of hydrogen-bond donors (Lipinski definition) is 0. The molecule has 0 saturated heterocycles. The Morgan fingerprint density at radius 3 is 1.49 bits per heavy atom. The minimum absolute atomic E-state index is 0.640. The third-order valence-corrected chi connectivity index (χ3v) is 10.8. The van der Waals surface area contributed by atoms with Gasteiger partial charge >= 0.3 is 0 Å². The van der Waals surface area contributed by atoms with Crippen LogP contribution >= 0.6 is 0 Å². The summed E-state index contributed by atoms with van der Waals surface area (Å²) in [7, 11) is 0. The van der Waals surface area contributed by atoms with Crippen LogP contribution in [0.15, 0.2) is 185 Å².